The number of rotatable bonds is 5. The van der Waals surface area contributed by atoms with E-state index in [1.165, 1.54) is 6.07 Å². The minimum absolute atomic E-state index is 0.0776. The second-order valence-corrected chi connectivity index (χ2v) is 10.5. The number of carbonyl (C=O) groups excluding carboxylic acids is 1. The van der Waals surface area contributed by atoms with Crippen LogP contribution in [0.4, 0.5) is 19.0 Å². The Kier molecular flexibility index (Phi) is 7.16. The molecular formula is C28H33F3N4O2. The monoisotopic (exact) mass is 514 g/mol. The van der Waals surface area contributed by atoms with Gasteiger partial charge in [-0.1, -0.05) is 43.3 Å². The lowest BCUT2D eigenvalue weighted by molar-refractivity contribution is -0.141. The number of halogens is 3. The van der Waals surface area contributed by atoms with E-state index in [0.717, 1.165) is 30.2 Å². The number of hydrogen-bond acceptors (Lipinski definition) is 5. The molecule has 1 saturated heterocycles. The number of amides is 1. The van der Waals surface area contributed by atoms with Gasteiger partial charge >= 0.3 is 6.18 Å². The number of piperidine rings is 1. The Morgan fingerprint density at radius 2 is 1.81 bits per heavy atom. The molecule has 2 aliphatic heterocycles. The van der Waals surface area contributed by atoms with E-state index in [4.69, 9.17) is 4.84 Å². The smallest absolute Gasteiger partial charge is 0.356 e. The fourth-order valence-electron chi connectivity index (χ4n) is 5.45. The van der Waals surface area contributed by atoms with Crippen LogP contribution in [-0.2, 0) is 22.4 Å². The summed E-state index contributed by atoms with van der Waals surface area (Å²) in [5.74, 6) is 0.627. The van der Waals surface area contributed by atoms with Crippen molar-refractivity contribution in [3.8, 4) is 0 Å². The zero-order valence-corrected chi connectivity index (χ0v) is 21.0. The van der Waals surface area contributed by atoms with Crippen LogP contribution in [-0.4, -0.2) is 29.6 Å². The fourth-order valence-corrected chi connectivity index (χ4v) is 5.45. The molecule has 2 N–H and O–H groups in total. The molecule has 0 radical (unpaired) electrons. The van der Waals surface area contributed by atoms with Crippen molar-refractivity contribution in [2.24, 2.45) is 11.8 Å². The van der Waals surface area contributed by atoms with Crippen LogP contribution in [0.5, 0.6) is 0 Å². The third-order valence-corrected chi connectivity index (χ3v) is 7.84. The van der Waals surface area contributed by atoms with Crippen molar-refractivity contribution in [3.05, 3.63) is 65.4 Å². The van der Waals surface area contributed by atoms with Gasteiger partial charge in [0.15, 0.2) is 0 Å². The lowest BCUT2D eigenvalue weighted by Gasteiger charge is -2.34. The van der Waals surface area contributed by atoms with Crippen LogP contribution in [0.1, 0.15) is 62.3 Å². The van der Waals surface area contributed by atoms with Crippen LogP contribution < -0.4 is 15.7 Å². The molecule has 198 valence electrons. The summed E-state index contributed by atoms with van der Waals surface area (Å²) in [5, 5.41) is 2.97. The van der Waals surface area contributed by atoms with E-state index < -0.39 is 17.5 Å². The van der Waals surface area contributed by atoms with E-state index in [1.54, 1.807) is 0 Å². The molecule has 6 nitrogen and oxygen atoms in total. The normalized spacial score (nSPS) is 24.6. The van der Waals surface area contributed by atoms with Crippen LogP contribution in [0.15, 0.2) is 48.5 Å². The zero-order chi connectivity index (χ0) is 26.0. The molecule has 1 aromatic carbocycles. The van der Waals surface area contributed by atoms with Crippen LogP contribution in [0, 0.1) is 11.8 Å². The number of anilines is 1. The largest absolute Gasteiger partial charge is 0.433 e. The first-order chi connectivity index (χ1) is 17.7. The number of benzene rings is 1. The molecule has 1 saturated carbocycles. The van der Waals surface area contributed by atoms with Crippen molar-refractivity contribution < 1.29 is 22.8 Å². The number of pyridine rings is 1. The van der Waals surface area contributed by atoms with Crippen molar-refractivity contribution in [1.29, 1.82) is 0 Å². The third-order valence-electron chi connectivity index (χ3n) is 7.84. The first-order valence-corrected chi connectivity index (χ1v) is 13.0. The third kappa shape index (κ3) is 5.76. The SMILES string of the molecule is CC1CCN(c2nc(C(F)(F)F)ccc2CNC(=O)C2CCC3(C=C(c4ccccc4)NO3)CC2)CC1. The highest BCUT2D eigenvalue weighted by atomic mass is 19.4. The summed E-state index contributed by atoms with van der Waals surface area (Å²) >= 11 is 0. The second-order valence-electron chi connectivity index (χ2n) is 10.5. The molecule has 5 rings (SSSR count). The van der Waals surface area contributed by atoms with Gasteiger partial charge in [0, 0.05) is 31.1 Å². The highest BCUT2D eigenvalue weighted by Gasteiger charge is 2.41. The van der Waals surface area contributed by atoms with Gasteiger partial charge in [0.05, 0.1) is 5.70 Å². The van der Waals surface area contributed by atoms with E-state index in [-0.39, 0.29) is 18.4 Å². The number of nitrogens with one attached hydrogen (secondary N) is 2. The van der Waals surface area contributed by atoms with Crippen molar-refractivity contribution in [1.82, 2.24) is 15.8 Å². The van der Waals surface area contributed by atoms with Crippen molar-refractivity contribution in [3.63, 3.8) is 0 Å². The van der Waals surface area contributed by atoms with Crippen molar-refractivity contribution >= 4 is 17.4 Å². The van der Waals surface area contributed by atoms with E-state index in [9.17, 15) is 18.0 Å². The lowest BCUT2D eigenvalue weighted by atomic mass is 9.78. The average molecular weight is 515 g/mol. The highest BCUT2D eigenvalue weighted by molar-refractivity contribution is 5.79. The van der Waals surface area contributed by atoms with E-state index in [2.05, 4.69) is 28.8 Å². The van der Waals surface area contributed by atoms with Crippen LogP contribution in [0.25, 0.3) is 5.70 Å². The van der Waals surface area contributed by atoms with Crippen LogP contribution in [0.2, 0.25) is 0 Å². The topological polar surface area (TPSA) is 66.5 Å². The Morgan fingerprint density at radius 1 is 1.11 bits per heavy atom. The summed E-state index contributed by atoms with van der Waals surface area (Å²) in [6.07, 6.45) is 2.21. The average Bonchev–Trinajstić information content (AvgIpc) is 3.31. The highest BCUT2D eigenvalue weighted by Crippen LogP contribution is 2.40. The van der Waals surface area contributed by atoms with Gasteiger partial charge in [0.1, 0.15) is 17.1 Å². The molecule has 0 unspecified atom stereocenters. The van der Waals surface area contributed by atoms with Gasteiger partial charge < -0.3 is 10.2 Å². The molecule has 1 aromatic heterocycles. The quantitative estimate of drug-likeness (QED) is 0.555. The molecular weight excluding hydrogens is 481 g/mol. The zero-order valence-electron chi connectivity index (χ0n) is 21.0. The Hall–Kier alpha value is -3.07. The molecule has 1 spiro atoms. The number of carbonyl (C=O) groups is 1. The molecule has 2 fully saturated rings. The molecule has 37 heavy (non-hydrogen) atoms. The van der Waals surface area contributed by atoms with Crippen LogP contribution >= 0.6 is 0 Å². The lowest BCUT2D eigenvalue weighted by Crippen LogP contribution is -2.40. The first kappa shape index (κ1) is 25.6. The molecule has 3 heterocycles. The van der Waals surface area contributed by atoms with E-state index >= 15 is 0 Å². The summed E-state index contributed by atoms with van der Waals surface area (Å²) in [5.41, 5.74) is 4.34. The second kappa shape index (κ2) is 10.4. The van der Waals surface area contributed by atoms with Gasteiger partial charge in [0.2, 0.25) is 5.91 Å². The molecule has 1 aliphatic carbocycles. The Morgan fingerprint density at radius 3 is 2.49 bits per heavy atom. The summed E-state index contributed by atoms with van der Waals surface area (Å²) in [6, 6.07) is 12.4. The maximum absolute atomic E-state index is 13.4. The standard InChI is InChI=1S/C28H33F3N4O2/c1-19-11-15-35(16-12-19)25-22(7-8-24(33-25)28(29,30)31)18-32-26(36)21-9-13-27(14-10-21)17-23(34-37-27)20-5-3-2-4-6-20/h2-8,17,19,21,34H,9-16,18H2,1H3,(H,32,36). The number of nitrogens with zero attached hydrogens (tertiary/aromatic N) is 2. The summed E-state index contributed by atoms with van der Waals surface area (Å²) < 4.78 is 40.1. The predicted octanol–water partition coefficient (Wildman–Crippen LogP) is 5.46. The minimum atomic E-state index is -4.51. The van der Waals surface area contributed by atoms with Crippen molar-refractivity contribution in [2.45, 2.75) is 63.8 Å². The molecule has 9 heteroatoms. The Labute approximate surface area is 215 Å². The molecule has 3 aliphatic rings. The molecule has 2 aromatic rings. The fraction of sp³-hybridized carbons (Fsp3) is 0.500. The van der Waals surface area contributed by atoms with Gasteiger partial charge in [0.25, 0.3) is 0 Å². The van der Waals surface area contributed by atoms with Crippen molar-refractivity contribution in [2.75, 3.05) is 18.0 Å². The predicted molar refractivity (Wildman–Crippen MR) is 135 cm³/mol. The van der Waals surface area contributed by atoms with Gasteiger partial charge in [-0.3, -0.25) is 15.1 Å². The molecule has 1 amide bonds. The summed E-state index contributed by atoms with van der Waals surface area (Å²) in [4.78, 5) is 24.9. The summed E-state index contributed by atoms with van der Waals surface area (Å²) in [6.45, 7) is 3.63. The van der Waals surface area contributed by atoms with E-state index in [1.807, 2.05) is 35.2 Å². The Balaban J connectivity index is 1.21. The van der Waals surface area contributed by atoms with Gasteiger partial charge in [-0.05, 0) is 62.1 Å². The van der Waals surface area contributed by atoms with E-state index in [0.29, 0.717) is 56.1 Å². The summed E-state index contributed by atoms with van der Waals surface area (Å²) in [7, 11) is 0. The van der Waals surface area contributed by atoms with Gasteiger partial charge in [-0.15, -0.1) is 0 Å². The maximum Gasteiger partial charge on any atom is 0.433 e. The number of hydrogen-bond donors (Lipinski definition) is 2. The maximum atomic E-state index is 13.4. The minimum Gasteiger partial charge on any atom is -0.356 e. The molecule has 0 bridgehead atoms. The van der Waals surface area contributed by atoms with Gasteiger partial charge in [-0.2, -0.15) is 13.2 Å². The number of hydroxylamine groups is 1. The van der Waals surface area contributed by atoms with Gasteiger partial charge in [-0.25, -0.2) is 4.98 Å². The Bertz CT molecular complexity index is 1140. The number of aromatic nitrogens is 1. The molecule has 0 atom stereocenters. The number of alkyl halides is 3. The van der Waals surface area contributed by atoms with Crippen LogP contribution in [0.3, 0.4) is 0 Å². The first-order valence-electron chi connectivity index (χ1n) is 13.0.